The molecule has 0 heterocycles. The lowest BCUT2D eigenvalue weighted by Gasteiger charge is -2.32. The smallest absolute Gasteiger partial charge is 0.420 e. The van der Waals surface area contributed by atoms with E-state index in [0.29, 0.717) is 4.90 Å². The van der Waals surface area contributed by atoms with Crippen LogP contribution < -0.4 is 0 Å². The molecule has 0 saturated heterocycles. The number of carbonyl (C=O) groups is 3. The summed E-state index contributed by atoms with van der Waals surface area (Å²) in [6, 6.07) is 0. The van der Waals surface area contributed by atoms with Gasteiger partial charge >= 0.3 is 18.2 Å². The first-order valence-corrected chi connectivity index (χ1v) is 9.43. The largest absolute Gasteiger partial charge is 0.479 e. The van der Waals surface area contributed by atoms with Crippen molar-refractivity contribution >= 4 is 18.2 Å². The van der Waals surface area contributed by atoms with E-state index >= 15 is 0 Å². The Morgan fingerprint density at radius 3 is 1.90 bits per heavy atom. The Morgan fingerprint density at radius 1 is 1.10 bits per heavy atom. The molecule has 0 radical (unpaired) electrons. The molecule has 2 amide bonds. The second-order valence-corrected chi connectivity index (χ2v) is 9.31. The summed E-state index contributed by atoms with van der Waals surface area (Å²) in [4.78, 5) is 37.8. The molecule has 0 aromatic heterocycles. The van der Waals surface area contributed by atoms with Crippen LogP contribution in [0.15, 0.2) is 12.7 Å². The monoisotopic (exact) mass is 419 g/mol. The highest BCUT2D eigenvalue weighted by atomic mass is 19.3. The lowest BCUT2D eigenvalue weighted by atomic mass is 10.0. The quantitative estimate of drug-likeness (QED) is 0.584. The van der Waals surface area contributed by atoms with Gasteiger partial charge < -0.3 is 14.6 Å². The van der Waals surface area contributed by atoms with E-state index in [1.807, 2.05) is 0 Å². The maximum absolute atomic E-state index is 14.2. The van der Waals surface area contributed by atoms with Crippen LogP contribution in [-0.4, -0.2) is 50.8 Å². The third kappa shape index (κ3) is 6.68. The molecule has 2 unspecified atom stereocenters. The Bertz CT molecular complexity index is 637. The van der Waals surface area contributed by atoms with Crippen molar-refractivity contribution in [3.8, 4) is 0 Å². The zero-order valence-corrected chi connectivity index (χ0v) is 17.9. The van der Waals surface area contributed by atoms with Gasteiger partial charge in [0.2, 0.25) is 5.92 Å². The van der Waals surface area contributed by atoms with E-state index in [4.69, 9.17) is 9.47 Å². The lowest BCUT2D eigenvalue weighted by Crippen LogP contribution is -2.55. The van der Waals surface area contributed by atoms with Gasteiger partial charge in [0.05, 0.1) is 0 Å². The molecule has 0 bridgehead atoms. The molecule has 1 rings (SSSR count). The first-order chi connectivity index (χ1) is 12.9. The van der Waals surface area contributed by atoms with E-state index in [1.165, 1.54) is 6.08 Å². The third-order valence-electron chi connectivity index (χ3n) is 4.25. The Kier molecular flexibility index (Phi) is 7.09. The summed E-state index contributed by atoms with van der Waals surface area (Å²) >= 11 is 0. The van der Waals surface area contributed by atoms with Crippen LogP contribution in [0.25, 0.3) is 0 Å². The van der Waals surface area contributed by atoms with Gasteiger partial charge in [0.15, 0.2) is 5.54 Å². The van der Waals surface area contributed by atoms with E-state index in [-0.39, 0.29) is 12.8 Å². The Morgan fingerprint density at radius 2 is 1.55 bits per heavy atom. The highest BCUT2D eigenvalue weighted by Gasteiger charge is 2.70. The second-order valence-electron chi connectivity index (χ2n) is 9.31. The molecular weight excluding hydrogens is 388 g/mol. The minimum Gasteiger partial charge on any atom is -0.479 e. The number of imide groups is 1. The molecule has 2 atom stereocenters. The molecule has 1 fully saturated rings. The summed E-state index contributed by atoms with van der Waals surface area (Å²) in [7, 11) is 0. The summed E-state index contributed by atoms with van der Waals surface area (Å²) in [6.45, 7) is 12.6. The number of rotatable bonds is 7. The number of aliphatic carboxylic acids is 1. The summed E-state index contributed by atoms with van der Waals surface area (Å²) in [6.07, 6.45) is -2.67. The fraction of sp³-hybridized carbons (Fsp3) is 0.750. The van der Waals surface area contributed by atoms with Gasteiger partial charge in [-0.25, -0.2) is 23.2 Å². The number of hydrogen-bond acceptors (Lipinski definition) is 5. The van der Waals surface area contributed by atoms with Crippen molar-refractivity contribution in [2.75, 3.05) is 0 Å². The normalized spacial score (nSPS) is 21.9. The minimum atomic E-state index is -3.16. The summed E-state index contributed by atoms with van der Waals surface area (Å²) in [5.74, 6) is -5.84. The van der Waals surface area contributed by atoms with Gasteiger partial charge in [-0.15, -0.1) is 6.58 Å². The number of nitrogens with zero attached hydrogens (tertiary/aromatic N) is 1. The summed E-state index contributed by atoms with van der Waals surface area (Å²) in [5.41, 5.74) is -4.20. The number of allylic oxidation sites excluding steroid dienone is 1. The Balaban J connectivity index is 3.25. The Labute approximate surface area is 170 Å². The maximum Gasteiger partial charge on any atom is 0.420 e. The molecule has 0 aromatic carbocycles. The van der Waals surface area contributed by atoms with Gasteiger partial charge in [0, 0.05) is 18.8 Å². The molecule has 166 valence electrons. The predicted octanol–water partition coefficient (Wildman–Crippen LogP) is 4.99. The highest BCUT2D eigenvalue weighted by Crippen LogP contribution is 2.54. The second kappa shape index (κ2) is 8.28. The molecule has 1 aliphatic rings. The Hall–Kier alpha value is -2.19. The van der Waals surface area contributed by atoms with Crippen molar-refractivity contribution in [3.63, 3.8) is 0 Å². The van der Waals surface area contributed by atoms with Crippen molar-refractivity contribution in [1.82, 2.24) is 4.90 Å². The molecule has 1 saturated carbocycles. The minimum absolute atomic E-state index is 0.0572. The van der Waals surface area contributed by atoms with E-state index in [0.717, 1.165) is 0 Å². The molecule has 29 heavy (non-hydrogen) atoms. The van der Waals surface area contributed by atoms with Crippen molar-refractivity contribution in [1.29, 1.82) is 0 Å². The van der Waals surface area contributed by atoms with Gasteiger partial charge in [-0.1, -0.05) is 6.08 Å². The number of carboxylic acid groups (broad SMARTS) is 1. The molecule has 9 heteroatoms. The average molecular weight is 419 g/mol. The zero-order chi connectivity index (χ0) is 22.8. The van der Waals surface area contributed by atoms with Crippen LogP contribution in [-0.2, 0) is 14.3 Å². The molecule has 0 aromatic rings. The number of carbonyl (C=O) groups excluding carboxylic acids is 2. The van der Waals surface area contributed by atoms with E-state index in [1.54, 1.807) is 41.5 Å². The summed E-state index contributed by atoms with van der Waals surface area (Å²) < 4.78 is 38.8. The maximum atomic E-state index is 14.2. The number of hydrogen-bond donors (Lipinski definition) is 1. The fourth-order valence-electron chi connectivity index (χ4n) is 2.98. The predicted molar refractivity (Wildman–Crippen MR) is 102 cm³/mol. The molecule has 0 aliphatic heterocycles. The van der Waals surface area contributed by atoms with Crippen LogP contribution in [0.1, 0.15) is 67.2 Å². The molecule has 0 spiro atoms. The van der Waals surface area contributed by atoms with E-state index < -0.39 is 59.6 Å². The summed E-state index contributed by atoms with van der Waals surface area (Å²) in [5, 5.41) is 9.79. The van der Waals surface area contributed by atoms with Crippen molar-refractivity contribution < 1.29 is 37.7 Å². The van der Waals surface area contributed by atoms with Gasteiger partial charge in [-0.05, 0) is 54.4 Å². The van der Waals surface area contributed by atoms with E-state index in [2.05, 4.69) is 6.58 Å². The fourth-order valence-corrected chi connectivity index (χ4v) is 2.98. The van der Waals surface area contributed by atoms with Crippen LogP contribution in [0, 0.1) is 5.92 Å². The number of ether oxygens (including phenoxy) is 2. The first kappa shape index (κ1) is 24.8. The molecule has 1 N–H and O–H groups in total. The van der Waals surface area contributed by atoms with Gasteiger partial charge in [-0.2, -0.15) is 4.90 Å². The average Bonchev–Trinajstić information content (AvgIpc) is 3.15. The topological polar surface area (TPSA) is 93.1 Å². The highest BCUT2D eigenvalue weighted by molar-refractivity contribution is 5.98. The van der Waals surface area contributed by atoms with E-state index in [9.17, 15) is 28.3 Å². The number of carboxylic acids is 1. The molecule has 1 aliphatic carbocycles. The van der Waals surface area contributed by atoms with Gasteiger partial charge in [0.25, 0.3) is 0 Å². The third-order valence-corrected chi connectivity index (χ3v) is 4.25. The number of halogens is 2. The zero-order valence-electron chi connectivity index (χ0n) is 17.9. The van der Waals surface area contributed by atoms with Crippen LogP contribution in [0.4, 0.5) is 18.4 Å². The SMILES string of the molecule is C=CCCC(F)(F)CC1CC1(C(=O)O)N(C(=O)OC(C)(C)C)C(=O)OC(C)(C)C. The first-order valence-electron chi connectivity index (χ1n) is 9.43. The van der Waals surface area contributed by atoms with Crippen LogP contribution in [0.3, 0.4) is 0 Å². The van der Waals surface area contributed by atoms with Crippen molar-refractivity contribution in [3.05, 3.63) is 12.7 Å². The van der Waals surface area contributed by atoms with Crippen molar-refractivity contribution in [2.24, 2.45) is 5.92 Å². The standard InChI is InChI=1S/C20H31F2NO6/c1-8-9-10-19(21,22)11-13-12-20(13,14(24)25)23(15(26)28-17(2,3)4)16(27)29-18(5,6)7/h8,13H,1,9-12H2,2-7H3,(H,24,25). The van der Waals surface area contributed by atoms with Gasteiger partial charge in [-0.3, -0.25) is 0 Å². The number of alkyl halides is 2. The lowest BCUT2D eigenvalue weighted by molar-refractivity contribution is -0.146. The van der Waals surface area contributed by atoms with Crippen LogP contribution in [0.2, 0.25) is 0 Å². The molecule has 7 nitrogen and oxygen atoms in total. The van der Waals surface area contributed by atoms with Crippen molar-refractivity contribution in [2.45, 2.75) is 89.9 Å². The van der Waals surface area contributed by atoms with Crippen LogP contribution in [0.5, 0.6) is 0 Å². The van der Waals surface area contributed by atoms with Crippen LogP contribution >= 0.6 is 0 Å². The number of amides is 2. The van der Waals surface area contributed by atoms with Gasteiger partial charge in [0.1, 0.15) is 11.2 Å². The molecular formula is C20H31F2NO6.